The van der Waals surface area contributed by atoms with Crippen LogP contribution in [0.5, 0.6) is 0 Å². The summed E-state index contributed by atoms with van der Waals surface area (Å²) in [5.74, 6) is 0. The number of hydrogen-bond acceptors (Lipinski definition) is 1. The first kappa shape index (κ1) is 7.75. The number of aryl methyl sites for hydroxylation is 1. The minimum Gasteiger partial charge on any atom is -0.268 e. The number of hydrogen-bond donors (Lipinski definition) is 0. The van der Waals surface area contributed by atoms with Crippen LogP contribution in [0.25, 0.3) is 10.9 Å². The molecule has 0 aliphatic rings. The van der Waals surface area contributed by atoms with Crippen LogP contribution in [-0.4, -0.2) is 9.78 Å². The predicted molar refractivity (Wildman–Crippen MR) is 54.1 cm³/mol. The van der Waals surface area contributed by atoms with Gasteiger partial charge in [0.1, 0.15) is 0 Å². The van der Waals surface area contributed by atoms with Gasteiger partial charge in [0.05, 0.1) is 11.7 Å². The average Bonchev–Trinajstić information content (AvgIpc) is 2.48. The summed E-state index contributed by atoms with van der Waals surface area (Å²) >= 11 is 0. The summed E-state index contributed by atoms with van der Waals surface area (Å²) in [5, 5.41) is 5.43. The SMILES string of the molecule is Cn1ncc2cccc(CP)c21. The molecule has 0 amide bonds. The van der Waals surface area contributed by atoms with E-state index in [9.17, 15) is 0 Å². The lowest BCUT2D eigenvalue weighted by Gasteiger charge is -2.00. The molecule has 3 heteroatoms. The summed E-state index contributed by atoms with van der Waals surface area (Å²) in [6.07, 6.45) is 2.88. The van der Waals surface area contributed by atoms with Crippen molar-refractivity contribution in [1.29, 1.82) is 0 Å². The lowest BCUT2D eigenvalue weighted by Crippen LogP contribution is -1.92. The Morgan fingerprint density at radius 1 is 1.50 bits per heavy atom. The van der Waals surface area contributed by atoms with Gasteiger partial charge in [-0.1, -0.05) is 18.2 Å². The van der Waals surface area contributed by atoms with Gasteiger partial charge in [0.25, 0.3) is 0 Å². The van der Waals surface area contributed by atoms with Crippen LogP contribution in [-0.2, 0) is 13.2 Å². The fraction of sp³-hybridized carbons (Fsp3) is 0.222. The summed E-state index contributed by atoms with van der Waals surface area (Å²) in [7, 11) is 4.72. The van der Waals surface area contributed by atoms with E-state index in [1.807, 2.05) is 17.9 Å². The van der Waals surface area contributed by atoms with E-state index in [-0.39, 0.29) is 0 Å². The van der Waals surface area contributed by atoms with Gasteiger partial charge in [-0.2, -0.15) is 5.10 Å². The van der Waals surface area contributed by atoms with E-state index in [0.29, 0.717) is 0 Å². The minimum absolute atomic E-state index is 0.983. The molecule has 0 N–H and O–H groups in total. The Balaban J connectivity index is 2.84. The molecule has 0 radical (unpaired) electrons. The molecule has 0 saturated heterocycles. The summed E-state index contributed by atoms with van der Waals surface area (Å²) < 4.78 is 1.93. The standard InChI is InChI=1S/C9H11N2P/c1-11-9-7(5-10-11)3-2-4-8(9)6-12/h2-5H,6,12H2,1H3. The highest BCUT2D eigenvalue weighted by molar-refractivity contribution is 7.15. The Hall–Kier alpha value is -0.880. The third-order valence-corrected chi connectivity index (χ3v) is 2.50. The van der Waals surface area contributed by atoms with Crippen molar-refractivity contribution in [2.45, 2.75) is 6.16 Å². The van der Waals surface area contributed by atoms with Crippen LogP contribution in [0.3, 0.4) is 0 Å². The fourth-order valence-corrected chi connectivity index (χ4v) is 1.81. The molecule has 1 unspecified atom stereocenters. The molecule has 0 aliphatic carbocycles. The fourth-order valence-electron chi connectivity index (χ4n) is 1.48. The molecule has 1 aromatic carbocycles. The zero-order valence-electron chi connectivity index (χ0n) is 6.99. The molecule has 2 rings (SSSR count). The highest BCUT2D eigenvalue weighted by atomic mass is 31.0. The maximum absolute atomic E-state index is 4.21. The normalized spacial score (nSPS) is 10.8. The molecule has 1 aromatic heterocycles. The Labute approximate surface area is 73.8 Å². The van der Waals surface area contributed by atoms with Crippen LogP contribution in [0.1, 0.15) is 5.56 Å². The molecule has 0 fully saturated rings. The van der Waals surface area contributed by atoms with E-state index in [4.69, 9.17) is 0 Å². The minimum atomic E-state index is 0.983. The van der Waals surface area contributed by atoms with Gasteiger partial charge in [0.15, 0.2) is 0 Å². The second kappa shape index (κ2) is 2.87. The van der Waals surface area contributed by atoms with Gasteiger partial charge in [0.2, 0.25) is 0 Å². The topological polar surface area (TPSA) is 17.8 Å². The predicted octanol–water partition coefficient (Wildman–Crippen LogP) is 1.95. The Morgan fingerprint density at radius 2 is 2.33 bits per heavy atom. The Bertz CT molecular complexity index is 406. The molecule has 1 heterocycles. The average molecular weight is 178 g/mol. The number of aromatic nitrogens is 2. The lowest BCUT2D eigenvalue weighted by atomic mass is 10.2. The van der Waals surface area contributed by atoms with E-state index in [1.54, 1.807) is 0 Å². The number of para-hydroxylation sites is 1. The first-order valence-electron chi connectivity index (χ1n) is 3.92. The van der Waals surface area contributed by atoms with E-state index in [1.165, 1.54) is 16.5 Å². The van der Waals surface area contributed by atoms with Crippen LogP contribution in [0.15, 0.2) is 24.4 Å². The second-order valence-electron chi connectivity index (χ2n) is 2.83. The zero-order valence-corrected chi connectivity index (χ0v) is 8.14. The lowest BCUT2D eigenvalue weighted by molar-refractivity contribution is 0.794. The van der Waals surface area contributed by atoms with E-state index >= 15 is 0 Å². The highest BCUT2D eigenvalue weighted by Crippen LogP contribution is 2.19. The van der Waals surface area contributed by atoms with Crippen molar-refractivity contribution < 1.29 is 0 Å². The number of benzene rings is 1. The van der Waals surface area contributed by atoms with E-state index < -0.39 is 0 Å². The number of rotatable bonds is 1. The van der Waals surface area contributed by atoms with Crippen LogP contribution in [0, 0.1) is 0 Å². The van der Waals surface area contributed by atoms with Gasteiger partial charge in [-0.15, -0.1) is 9.24 Å². The van der Waals surface area contributed by atoms with Gasteiger partial charge in [0, 0.05) is 12.4 Å². The van der Waals surface area contributed by atoms with Gasteiger partial charge in [-0.05, 0) is 11.7 Å². The van der Waals surface area contributed by atoms with Gasteiger partial charge < -0.3 is 0 Å². The largest absolute Gasteiger partial charge is 0.268 e. The van der Waals surface area contributed by atoms with Crippen LogP contribution >= 0.6 is 9.24 Å². The van der Waals surface area contributed by atoms with Gasteiger partial charge in [-0.25, -0.2) is 0 Å². The molecule has 0 aliphatic heterocycles. The van der Waals surface area contributed by atoms with Crippen molar-refractivity contribution in [3.05, 3.63) is 30.0 Å². The van der Waals surface area contributed by atoms with Gasteiger partial charge in [-0.3, -0.25) is 4.68 Å². The van der Waals surface area contributed by atoms with Crippen molar-refractivity contribution in [1.82, 2.24) is 9.78 Å². The molecule has 62 valence electrons. The Morgan fingerprint density at radius 3 is 3.08 bits per heavy atom. The molecular formula is C9H11N2P. The summed E-state index contributed by atoms with van der Waals surface area (Å²) in [4.78, 5) is 0. The summed E-state index contributed by atoms with van der Waals surface area (Å²) in [6, 6.07) is 6.30. The second-order valence-corrected chi connectivity index (χ2v) is 3.24. The van der Waals surface area contributed by atoms with Gasteiger partial charge >= 0.3 is 0 Å². The first-order chi connectivity index (χ1) is 5.83. The van der Waals surface area contributed by atoms with Crippen LogP contribution in [0.4, 0.5) is 0 Å². The molecule has 0 saturated carbocycles. The maximum Gasteiger partial charge on any atom is 0.0714 e. The van der Waals surface area contributed by atoms with Crippen molar-refractivity contribution in [2.24, 2.45) is 7.05 Å². The smallest absolute Gasteiger partial charge is 0.0714 e. The molecule has 12 heavy (non-hydrogen) atoms. The third kappa shape index (κ3) is 1.03. The molecule has 2 nitrogen and oxygen atoms in total. The van der Waals surface area contributed by atoms with Crippen molar-refractivity contribution in [2.75, 3.05) is 0 Å². The monoisotopic (exact) mass is 178 g/mol. The quantitative estimate of drug-likeness (QED) is 0.610. The first-order valence-corrected chi connectivity index (χ1v) is 4.74. The van der Waals surface area contributed by atoms with Crippen molar-refractivity contribution >= 4 is 20.1 Å². The number of fused-ring (bicyclic) bond motifs is 1. The molecule has 0 bridgehead atoms. The zero-order chi connectivity index (χ0) is 8.55. The van der Waals surface area contributed by atoms with E-state index in [0.717, 1.165) is 6.16 Å². The summed E-state index contributed by atoms with van der Waals surface area (Å²) in [5.41, 5.74) is 2.57. The number of nitrogens with zero attached hydrogens (tertiary/aromatic N) is 2. The van der Waals surface area contributed by atoms with Crippen molar-refractivity contribution in [3.8, 4) is 0 Å². The molecule has 2 aromatic rings. The highest BCUT2D eigenvalue weighted by Gasteiger charge is 2.02. The molecule has 0 spiro atoms. The van der Waals surface area contributed by atoms with E-state index in [2.05, 4.69) is 32.5 Å². The Kier molecular flexibility index (Phi) is 1.86. The third-order valence-electron chi connectivity index (χ3n) is 2.06. The maximum atomic E-state index is 4.21. The van der Waals surface area contributed by atoms with Crippen LogP contribution < -0.4 is 0 Å². The van der Waals surface area contributed by atoms with Crippen LogP contribution in [0.2, 0.25) is 0 Å². The molecule has 1 atom stereocenters. The van der Waals surface area contributed by atoms with Crippen molar-refractivity contribution in [3.63, 3.8) is 0 Å². The molecular weight excluding hydrogens is 167 g/mol. The summed E-state index contributed by atoms with van der Waals surface area (Å²) in [6.45, 7) is 0.